The molecular formula is C14H15F3N6O3S2. The number of alkyl halides is 3. The largest absolute Gasteiger partial charge is 0.454 e. The predicted octanol–water partition coefficient (Wildman–Crippen LogP) is 2.28. The highest BCUT2D eigenvalue weighted by atomic mass is 32.2. The summed E-state index contributed by atoms with van der Waals surface area (Å²) >= 11 is 0.966. The van der Waals surface area contributed by atoms with Crippen molar-refractivity contribution in [2.45, 2.75) is 37.5 Å². The molecule has 0 spiro atoms. The van der Waals surface area contributed by atoms with Gasteiger partial charge in [-0.1, -0.05) is 5.10 Å². The Hall–Kier alpha value is -2.32. The molecule has 28 heavy (non-hydrogen) atoms. The van der Waals surface area contributed by atoms with Crippen LogP contribution in [0.4, 0.5) is 13.2 Å². The molecule has 2 aromatic heterocycles. The van der Waals surface area contributed by atoms with E-state index in [9.17, 15) is 21.6 Å². The van der Waals surface area contributed by atoms with Crippen LogP contribution in [0.1, 0.15) is 25.7 Å². The molecule has 3 rings (SSSR count). The van der Waals surface area contributed by atoms with E-state index < -0.39 is 28.8 Å². The Kier molecular flexibility index (Phi) is 5.54. The van der Waals surface area contributed by atoms with Crippen molar-refractivity contribution in [3.8, 4) is 6.01 Å². The molecule has 2 heterocycles. The van der Waals surface area contributed by atoms with Crippen LogP contribution in [-0.4, -0.2) is 44.7 Å². The van der Waals surface area contributed by atoms with Gasteiger partial charge in [-0.25, -0.2) is 13.1 Å². The van der Waals surface area contributed by atoms with E-state index in [-0.39, 0.29) is 23.3 Å². The van der Waals surface area contributed by atoms with Gasteiger partial charge in [-0.2, -0.15) is 21.9 Å². The first kappa shape index (κ1) is 20.4. The number of aromatic nitrogens is 5. The third kappa shape index (κ3) is 4.39. The summed E-state index contributed by atoms with van der Waals surface area (Å²) in [5.41, 5.74) is 1.02. The Balaban J connectivity index is 1.81. The van der Waals surface area contributed by atoms with Gasteiger partial charge in [-0.3, -0.25) is 4.57 Å². The van der Waals surface area contributed by atoms with Crippen LogP contribution in [0.25, 0.3) is 11.0 Å². The zero-order valence-electron chi connectivity index (χ0n) is 14.6. The zero-order valence-corrected chi connectivity index (χ0v) is 16.3. The van der Waals surface area contributed by atoms with Crippen LogP contribution in [0.2, 0.25) is 0 Å². The summed E-state index contributed by atoms with van der Waals surface area (Å²) in [7, 11) is -3.94. The molecule has 152 valence electrons. The van der Waals surface area contributed by atoms with Gasteiger partial charge in [-0.05, 0) is 32.0 Å². The molecular weight excluding hydrogens is 421 g/mol. The first-order valence-electron chi connectivity index (χ1n) is 7.98. The molecule has 0 aliphatic heterocycles. The summed E-state index contributed by atoms with van der Waals surface area (Å²) in [6, 6.07) is 3.11. The number of hydrogen-bond acceptors (Lipinski definition) is 8. The second-order valence-corrected chi connectivity index (χ2v) is 7.99. The molecule has 0 saturated heterocycles. The van der Waals surface area contributed by atoms with Crippen molar-refractivity contribution in [3.63, 3.8) is 0 Å². The van der Waals surface area contributed by atoms with E-state index >= 15 is 0 Å². The van der Waals surface area contributed by atoms with Crippen molar-refractivity contribution in [2.24, 2.45) is 0 Å². The maximum Gasteiger partial charge on any atom is 0.422 e. The smallest absolute Gasteiger partial charge is 0.422 e. The van der Waals surface area contributed by atoms with E-state index in [4.69, 9.17) is 0 Å². The fourth-order valence-corrected chi connectivity index (χ4v) is 4.19. The highest BCUT2D eigenvalue weighted by Gasteiger charge is 2.30. The molecule has 14 heteroatoms. The van der Waals surface area contributed by atoms with Gasteiger partial charge in [0.25, 0.3) is 0 Å². The zero-order chi connectivity index (χ0) is 20.5. The molecule has 1 aromatic carbocycles. The maximum atomic E-state index is 12.7. The lowest BCUT2D eigenvalue weighted by Gasteiger charge is -2.15. The van der Waals surface area contributed by atoms with Gasteiger partial charge in [-0.15, -0.1) is 5.10 Å². The average Bonchev–Trinajstić information content (AvgIpc) is 3.24. The van der Waals surface area contributed by atoms with Gasteiger partial charge in [0.1, 0.15) is 11.0 Å². The molecule has 0 saturated carbocycles. The van der Waals surface area contributed by atoms with Crippen LogP contribution < -0.4 is 9.46 Å². The summed E-state index contributed by atoms with van der Waals surface area (Å²) in [5, 5.41) is 7.37. The average molecular weight is 436 g/mol. The quantitative estimate of drug-likeness (QED) is 0.605. The van der Waals surface area contributed by atoms with Crippen molar-refractivity contribution in [1.29, 1.82) is 0 Å². The maximum absolute atomic E-state index is 12.7. The lowest BCUT2D eigenvalue weighted by Crippen LogP contribution is -2.29. The van der Waals surface area contributed by atoms with Crippen LogP contribution in [0.3, 0.4) is 0 Å². The van der Waals surface area contributed by atoms with Gasteiger partial charge in [0, 0.05) is 6.54 Å². The molecule has 0 amide bonds. The SMILES string of the molecule is CCn1c(OCC(F)(F)F)nnc1[C@@H](C)NS(=O)(=O)c1ccc2nsnc2c1. The Morgan fingerprint density at radius 2 is 1.96 bits per heavy atom. The Labute approximate surface area is 161 Å². The lowest BCUT2D eigenvalue weighted by molar-refractivity contribution is -0.155. The van der Waals surface area contributed by atoms with Crippen LogP contribution in [0.5, 0.6) is 6.01 Å². The number of benzene rings is 1. The number of nitrogens with one attached hydrogen (secondary N) is 1. The van der Waals surface area contributed by atoms with Gasteiger partial charge in [0.2, 0.25) is 10.0 Å². The Bertz CT molecular complexity index is 1080. The fraction of sp³-hybridized carbons (Fsp3) is 0.429. The standard InChI is InChI=1S/C14H15F3N6O3S2/c1-3-23-12(18-19-13(23)26-7-14(15,16)17)8(2)22-28(24,25)9-4-5-10-11(6-9)21-27-20-10/h4-6,8,22H,3,7H2,1-2H3/t8-/m1/s1. The van der Waals surface area contributed by atoms with E-state index in [0.29, 0.717) is 11.0 Å². The fourth-order valence-electron chi connectivity index (χ4n) is 2.45. The third-order valence-corrected chi connectivity index (χ3v) is 5.78. The van der Waals surface area contributed by atoms with Gasteiger partial charge >= 0.3 is 12.2 Å². The summed E-state index contributed by atoms with van der Waals surface area (Å²) in [6.07, 6.45) is -4.53. The molecule has 0 unspecified atom stereocenters. The highest BCUT2D eigenvalue weighted by molar-refractivity contribution is 7.89. The first-order chi connectivity index (χ1) is 13.1. The van der Waals surface area contributed by atoms with Crippen molar-refractivity contribution < 1.29 is 26.3 Å². The first-order valence-corrected chi connectivity index (χ1v) is 10.2. The van der Waals surface area contributed by atoms with Gasteiger partial charge in [0.05, 0.1) is 22.7 Å². The van der Waals surface area contributed by atoms with Crippen LogP contribution >= 0.6 is 11.7 Å². The molecule has 0 fully saturated rings. The van der Waals surface area contributed by atoms with Crippen LogP contribution in [0.15, 0.2) is 23.1 Å². The van der Waals surface area contributed by atoms with E-state index in [0.717, 1.165) is 11.7 Å². The van der Waals surface area contributed by atoms with E-state index in [1.165, 1.54) is 29.7 Å². The predicted molar refractivity (Wildman–Crippen MR) is 93.4 cm³/mol. The highest BCUT2D eigenvalue weighted by Crippen LogP contribution is 2.23. The second kappa shape index (κ2) is 7.60. The molecule has 0 radical (unpaired) electrons. The van der Waals surface area contributed by atoms with Crippen molar-refractivity contribution >= 4 is 32.8 Å². The van der Waals surface area contributed by atoms with Gasteiger partial charge in [0.15, 0.2) is 12.4 Å². The number of sulfonamides is 1. The number of rotatable bonds is 7. The van der Waals surface area contributed by atoms with E-state index in [1.807, 2.05) is 0 Å². The van der Waals surface area contributed by atoms with Crippen LogP contribution in [0, 0.1) is 0 Å². The number of ether oxygens (including phenoxy) is 1. The minimum atomic E-state index is -4.53. The summed E-state index contributed by atoms with van der Waals surface area (Å²) in [5.74, 6) is 0.125. The second-order valence-electron chi connectivity index (χ2n) is 5.75. The topological polar surface area (TPSA) is 112 Å². The summed E-state index contributed by atoms with van der Waals surface area (Å²) in [4.78, 5) is -0.0179. The molecule has 3 aromatic rings. The number of hydrogen-bond donors (Lipinski definition) is 1. The molecule has 0 aliphatic carbocycles. The minimum Gasteiger partial charge on any atom is -0.454 e. The number of nitrogens with zero attached hydrogens (tertiary/aromatic N) is 5. The van der Waals surface area contributed by atoms with Crippen LogP contribution in [-0.2, 0) is 16.6 Å². The van der Waals surface area contributed by atoms with Crippen molar-refractivity contribution in [3.05, 3.63) is 24.0 Å². The monoisotopic (exact) mass is 436 g/mol. The number of halogens is 3. The van der Waals surface area contributed by atoms with Crippen molar-refractivity contribution in [2.75, 3.05) is 6.61 Å². The van der Waals surface area contributed by atoms with Crippen molar-refractivity contribution in [1.82, 2.24) is 28.2 Å². The third-order valence-electron chi connectivity index (χ3n) is 3.68. The number of fused-ring (bicyclic) bond motifs is 1. The normalized spacial score (nSPS) is 13.8. The van der Waals surface area contributed by atoms with E-state index in [1.54, 1.807) is 6.92 Å². The minimum absolute atomic E-state index is 0.0179. The van der Waals surface area contributed by atoms with E-state index in [2.05, 4.69) is 28.4 Å². The molecule has 1 N–H and O–H groups in total. The molecule has 0 aliphatic rings. The molecule has 9 nitrogen and oxygen atoms in total. The lowest BCUT2D eigenvalue weighted by atomic mass is 10.3. The summed E-state index contributed by atoms with van der Waals surface area (Å²) < 4.78 is 78.7. The summed E-state index contributed by atoms with van der Waals surface area (Å²) in [6.45, 7) is 1.83. The Morgan fingerprint density at radius 1 is 1.25 bits per heavy atom. The molecule has 0 bridgehead atoms. The Morgan fingerprint density at radius 3 is 2.64 bits per heavy atom. The van der Waals surface area contributed by atoms with Gasteiger partial charge < -0.3 is 4.74 Å². The molecule has 1 atom stereocenters.